The number of hydrogen-bond donors (Lipinski definition) is 2. The van der Waals surface area contributed by atoms with Crippen LogP contribution in [0.3, 0.4) is 0 Å². The summed E-state index contributed by atoms with van der Waals surface area (Å²) in [6.07, 6.45) is 0. The lowest BCUT2D eigenvalue weighted by Crippen LogP contribution is -2.55. The van der Waals surface area contributed by atoms with E-state index in [1.807, 2.05) is 31.2 Å². The van der Waals surface area contributed by atoms with Crippen LogP contribution in [0.1, 0.15) is 17.3 Å². The van der Waals surface area contributed by atoms with Gasteiger partial charge in [-0.3, -0.25) is 10.2 Å². The molecule has 0 bridgehead atoms. The lowest BCUT2D eigenvalue weighted by Gasteiger charge is -2.36. The lowest BCUT2D eigenvalue weighted by atomic mass is 10.2. The van der Waals surface area contributed by atoms with Gasteiger partial charge in [-0.25, -0.2) is 10.2 Å². The number of ether oxygens (including phenoxy) is 1. The Hall–Kier alpha value is -2.93. The maximum Gasteiger partial charge on any atom is 0.336 e. The van der Waals surface area contributed by atoms with E-state index >= 15 is 0 Å². The third-order valence-corrected chi connectivity index (χ3v) is 4.71. The monoisotopic (exact) mass is 402 g/mol. The highest BCUT2D eigenvalue weighted by atomic mass is 35.5. The summed E-state index contributed by atoms with van der Waals surface area (Å²) in [6, 6.07) is 14.0. The number of carbonyl (C=O) groups excluding carboxylic acids is 2. The second kappa shape index (κ2) is 9.32. The molecule has 8 heteroatoms. The minimum Gasteiger partial charge on any atom is -0.492 e. The first-order valence-electron chi connectivity index (χ1n) is 9.16. The number of carbonyl (C=O) groups is 2. The third-order valence-electron chi connectivity index (χ3n) is 4.46. The molecule has 1 aliphatic heterocycles. The number of hydrazine groups is 1. The summed E-state index contributed by atoms with van der Waals surface area (Å²) in [5.41, 5.74) is 6.34. The van der Waals surface area contributed by atoms with Crippen LogP contribution in [-0.4, -0.2) is 49.6 Å². The zero-order valence-corrected chi connectivity index (χ0v) is 16.4. The molecule has 3 amide bonds. The summed E-state index contributed by atoms with van der Waals surface area (Å²) in [5, 5.41) is 0.546. The fourth-order valence-electron chi connectivity index (χ4n) is 3.01. The Labute approximate surface area is 169 Å². The molecule has 0 saturated carbocycles. The van der Waals surface area contributed by atoms with Crippen molar-refractivity contribution in [1.29, 1.82) is 0 Å². The van der Waals surface area contributed by atoms with Gasteiger partial charge in [0.05, 0.1) is 12.3 Å². The number of urea groups is 1. The Morgan fingerprint density at radius 1 is 1.00 bits per heavy atom. The molecular weight excluding hydrogens is 380 g/mol. The molecule has 1 heterocycles. The van der Waals surface area contributed by atoms with Crippen LogP contribution < -0.4 is 20.5 Å². The first-order chi connectivity index (χ1) is 13.6. The maximum absolute atomic E-state index is 12.3. The Morgan fingerprint density at radius 3 is 2.36 bits per heavy atom. The predicted octanol–water partition coefficient (Wildman–Crippen LogP) is 2.92. The zero-order valence-electron chi connectivity index (χ0n) is 15.7. The minimum atomic E-state index is -0.394. The molecule has 1 aliphatic rings. The Morgan fingerprint density at radius 2 is 1.68 bits per heavy atom. The number of piperazine rings is 1. The van der Waals surface area contributed by atoms with Gasteiger partial charge in [0.1, 0.15) is 5.75 Å². The molecule has 2 aromatic rings. The fraction of sp³-hybridized carbons (Fsp3) is 0.300. The van der Waals surface area contributed by atoms with Crippen molar-refractivity contribution in [2.24, 2.45) is 0 Å². The minimum absolute atomic E-state index is 0.333. The zero-order chi connectivity index (χ0) is 19.9. The number of benzene rings is 2. The van der Waals surface area contributed by atoms with Gasteiger partial charge >= 0.3 is 6.03 Å². The quantitative estimate of drug-likeness (QED) is 0.771. The van der Waals surface area contributed by atoms with E-state index in [4.69, 9.17) is 16.3 Å². The van der Waals surface area contributed by atoms with Crippen molar-refractivity contribution in [1.82, 2.24) is 15.8 Å². The Kier molecular flexibility index (Phi) is 6.60. The number of nitrogens with zero attached hydrogens (tertiary/aromatic N) is 2. The van der Waals surface area contributed by atoms with Crippen LogP contribution in [0.25, 0.3) is 0 Å². The van der Waals surface area contributed by atoms with Gasteiger partial charge in [0.2, 0.25) is 0 Å². The summed E-state index contributed by atoms with van der Waals surface area (Å²) in [4.78, 5) is 28.3. The number of nitrogens with one attached hydrogen (secondary N) is 2. The van der Waals surface area contributed by atoms with Crippen LogP contribution in [0.5, 0.6) is 5.75 Å². The van der Waals surface area contributed by atoms with Gasteiger partial charge in [-0.1, -0.05) is 23.7 Å². The first-order valence-corrected chi connectivity index (χ1v) is 9.54. The molecule has 148 valence electrons. The van der Waals surface area contributed by atoms with Crippen LogP contribution in [-0.2, 0) is 0 Å². The Balaban J connectivity index is 1.50. The molecule has 0 aliphatic carbocycles. The van der Waals surface area contributed by atoms with Gasteiger partial charge < -0.3 is 14.5 Å². The molecule has 0 unspecified atom stereocenters. The second-order valence-corrected chi connectivity index (χ2v) is 6.70. The molecule has 7 nitrogen and oxygen atoms in total. The van der Waals surface area contributed by atoms with Crippen molar-refractivity contribution < 1.29 is 14.3 Å². The van der Waals surface area contributed by atoms with Crippen LogP contribution in [0.15, 0.2) is 48.5 Å². The van der Waals surface area contributed by atoms with Gasteiger partial charge in [0.25, 0.3) is 5.91 Å². The van der Waals surface area contributed by atoms with Gasteiger partial charge in [0, 0.05) is 36.8 Å². The number of anilines is 1. The topological polar surface area (TPSA) is 73.9 Å². The molecule has 1 fully saturated rings. The van der Waals surface area contributed by atoms with E-state index in [1.165, 1.54) is 0 Å². The highest BCUT2D eigenvalue weighted by molar-refractivity contribution is 6.30. The third kappa shape index (κ3) is 4.86. The highest BCUT2D eigenvalue weighted by Gasteiger charge is 2.23. The van der Waals surface area contributed by atoms with Gasteiger partial charge in [-0.05, 0) is 43.3 Å². The van der Waals surface area contributed by atoms with E-state index in [0.717, 1.165) is 11.4 Å². The molecule has 0 spiro atoms. The lowest BCUT2D eigenvalue weighted by molar-refractivity contribution is 0.0929. The van der Waals surface area contributed by atoms with Gasteiger partial charge in [-0.15, -0.1) is 0 Å². The van der Waals surface area contributed by atoms with Crippen molar-refractivity contribution in [2.75, 3.05) is 37.7 Å². The van der Waals surface area contributed by atoms with Crippen LogP contribution >= 0.6 is 11.6 Å². The standard InChI is InChI=1S/C20H23ClN4O3/c1-2-28-18-6-4-3-5-17(18)24-11-13-25(14-12-24)20(27)23-22-19(26)15-7-9-16(21)10-8-15/h3-10H,2,11-14H2,1H3,(H,22,26)(H,23,27). The van der Waals surface area contributed by atoms with Crippen LogP contribution in [0.2, 0.25) is 5.02 Å². The average molecular weight is 403 g/mol. The number of halogens is 1. The summed E-state index contributed by atoms with van der Waals surface area (Å²) < 4.78 is 5.69. The predicted molar refractivity (Wildman–Crippen MR) is 109 cm³/mol. The summed E-state index contributed by atoms with van der Waals surface area (Å²) in [7, 11) is 0. The van der Waals surface area contributed by atoms with Gasteiger partial charge in [0.15, 0.2) is 0 Å². The van der Waals surface area contributed by atoms with Crippen molar-refractivity contribution in [3.8, 4) is 5.75 Å². The molecular formula is C20H23ClN4O3. The van der Waals surface area contributed by atoms with Gasteiger partial charge in [-0.2, -0.15) is 0 Å². The van der Waals surface area contributed by atoms with E-state index in [1.54, 1.807) is 29.2 Å². The number of rotatable bonds is 4. The number of para-hydroxylation sites is 2. The number of hydrogen-bond acceptors (Lipinski definition) is 4. The largest absolute Gasteiger partial charge is 0.492 e. The van der Waals surface area contributed by atoms with Crippen LogP contribution in [0.4, 0.5) is 10.5 Å². The average Bonchev–Trinajstić information content (AvgIpc) is 2.73. The molecule has 28 heavy (non-hydrogen) atoms. The van der Waals surface area contributed by atoms with Crippen molar-refractivity contribution in [3.05, 3.63) is 59.1 Å². The normalized spacial score (nSPS) is 13.8. The maximum atomic E-state index is 12.3. The molecule has 2 N–H and O–H groups in total. The summed E-state index contributed by atoms with van der Waals surface area (Å²) >= 11 is 5.81. The molecule has 0 atom stereocenters. The SMILES string of the molecule is CCOc1ccccc1N1CCN(C(=O)NNC(=O)c2ccc(Cl)cc2)CC1. The van der Waals surface area contributed by atoms with E-state index in [9.17, 15) is 9.59 Å². The first kappa shape index (κ1) is 19.8. The highest BCUT2D eigenvalue weighted by Crippen LogP contribution is 2.28. The van der Waals surface area contributed by atoms with Crippen molar-refractivity contribution >= 4 is 29.2 Å². The van der Waals surface area contributed by atoms with Crippen molar-refractivity contribution in [3.63, 3.8) is 0 Å². The second-order valence-electron chi connectivity index (χ2n) is 6.27. The molecule has 2 aromatic carbocycles. The van der Waals surface area contributed by atoms with E-state index in [2.05, 4.69) is 15.8 Å². The summed E-state index contributed by atoms with van der Waals surface area (Å²) in [5.74, 6) is 0.451. The van der Waals surface area contributed by atoms with Crippen molar-refractivity contribution in [2.45, 2.75) is 6.92 Å². The molecule has 1 saturated heterocycles. The smallest absolute Gasteiger partial charge is 0.336 e. The fourth-order valence-corrected chi connectivity index (χ4v) is 3.14. The van der Waals surface area contributed by atoms with E-state index in [0.29, 0.717) is 43.4 Å². The number of amides is 3. The van der Waals surface area contributed by atoms with E-state index in [-0.39, 0.29) is 6.03 Å². The summed E-state index contributed by atoms with van der Waals surface area (Å²) in [6.45, 7) is 5.02. The molecule has 0 aromatic heterocycles. The Bertz CT molecular complexity index is 820. The van der Waals surface area contributed by atoms with Crippen LogP contribution in [0, 0.1) is 0 Å². The van der Waals surface area contributed by atoms with E-state index < -0.39 is 5.91 Å². The molecule has 3 rings (SSSR count). The molecule has 0 radical (unpaired) electrons.